The molecule has 0 aliphatic carbocycles. The van der Waals surface area contributed by atoms with Gasteiger partial charge in [-0.05, 0) is 57.0 Å². The van der Waals surface area contributed by atoms with Gasteiger partial charge in [-0.2, -0.15) is 0 Å². The van der Waals surface area contributed by atoms with Gasteiger partial charge in [0.2, 0.25) is 0 Å². The number of carbonyl (C=O) groups is 2. The highest BCUT2D eigenvalue weighted by molar-refractivity contribution is 6.08. The fourth-order valence-electron chi connectivity index (χ4n) is 1.88. The molecule has 0 bridgehead atoms. The lowest BCUT2D eigenvalue weighted by Gasteiger charge is -2.14. The Hall–Kier alpha value is -2.10. The maximum atomic E-state index is 11.9. The molecule has 0 unspecified atom stereocenters. The molecule has 0 aromatic heterocycles. The van der Waals surface area contributed by atoms with Crippen LogP contribution in [0.3, 0.4) is 0 Å². The van der Waals surface area contributed by atoms with Crippen LogP contribution in [-0.2, 0) is 4.79 Å². The molecular weight excluding hydrogens is 244 g/mol. The van der Waals surface area contributed by atoms with Crippen LogP contribution < -0.4 is 4.74 Å². The zero-order chi connectivity index (χ0) is 14.6. The summed E-state index contributed by atoms with van der Waals surface area (Å²) in [5, 5.41) is 8.53. The van der Waals surface area contributed by atoms with Crippen molar-refractivity contribution in [2.75, 3.05) is 0 Å². The minimum atomic E-state index is -1.14. The summed E-state index contributed by atoms with van der Waals surface area (Å²) < 4.78 is 5.59. The van der Waals surface area contributed by atoms with E-state index in [2.05, 4.69) is 0 Å². The number of carboxylic acid groups (broad SMARTS) is 1. The highest BCUT2D eigenvalue weighted by Gasteiger charge is 2.12. The second-order valence-corrected chi connectivity index (χ2v) is 4.63. The minimum Gasteiger partial charge on any atom is -0.491 e. The third kappa shape index (κ3) is 4.25. The van der Waals surface area contributed by atoms with Crippen LogP contribution in [0.1, 0.15) is 35.3 Å². The van der Waals surface area contributed by atoms with Gasteiger partial charge in [-0.15, -0.1) is 0 Å². The van der Waals surface area contributed by atoms with Crippen LogP contribution in [-0.4, -0.2) is 23.0 Å². The molecule has 0 aliphatic rings. The van der Waals surface area contributed by atoms with E-state index in [1.54, 1.807) is 12.1 Å². The molecule has 1 N–H and O–H groups in total. The van der Waals surface area contributed by atoms with Gasteiger partial charge in [0.25, 0.3) is 0 Å². The van der Waals surface area contributed by atoms with E-state index in [-0.39, 0.29) is 11.9 Å². The quantitative estimate of drug-likeness (QED) is 0.654. The number of ether oxygens (including phenoxy) is 1. The van der Waals surface area contributed by atoms with Crippen molar-refractivity contribution in [1.82, 2.24) is 0 Å². The van der Waals surface area contributed by atoms with Gasteiger partial charge >= 0.3 is 5.97 Å². The number of rotatable bonds is 5. The summed E-state index contributed by atoms with van der Waals surface area (Å²) in [6, 6.07) is 3.57. The number of allylic oxidation sites excluding steroid dienone is 1. The predicted molar refractivity (Wildman–Crippen MR) is 72.8 cm³/mol. The van der Waals surface area contributed by atoms with Crippen molar-refractivity contribution in [3.8, 4) is 5.75 Å². The number of carboxylic acids is 1. The van der Waals surface area contributed by atoms with Crippen molar-refractivity contribution in [2.45, 2.75) is 33.8 Å². The van der Waals surface area contributed by atoms with E-state index >= 15 is 0 Å². The standard InChI is InChI=1S/C15H18O4/c1-9(2)19-12-7-10(3)15(11(4)8-12)13(16)5-6-14(17)18/h5-9H,1-4H3,(H,17,18)/b6-5+. The molecule has 19 heavy (non-hydrogen) atoms. The first-order chi connectivity index (χ1) is 8.81. The Balaban J connectivity index is 3.10. The molecule has 0 atom stereocenters. The van der Waals surface area contributed by atoms with Crippen molar-refractivity contribution in [1.29, 1.82) is 0 Å². The van der Waals surface area contributed by atoms with E-state index in [1.807, 2.05) is 27.7 Å². The van der Waals surface area contributed by atoms with E-state index in [1.165, 1.54) is 0 Å². The summed E-state index contributed by atoms with van der Waals surface area (Å²) in [5.74, 6) is -0.735. The van der Waals surface area contributed by atoms with Gasteiger partial charge in [0, 0.05) is 11.6 Å². The number of benzene rings is 1. The van der Waals surface area contributed by atoms with Crippen LogP contribution in [0.5, 0.6) is 5.75 Å². The molecule has 1 aromatic rings. The maximum absolute atomic E-state index is 11.9. The first-order valence-electron chi connectivity index (χ1n) is 6.04. The number of carbonyl (C=O) groups excluding carboxylic acids is 1. The van der Waals surface area contributed by atoms with Crippen molar-refractivity contribution in [2.24, 2.45) is 0 Å². The van der Waals surface area contributed by atoms with Crippen LogP contribution in [0, 0.1) is 13.8 Å². The van der Waals surface area contributed by atoms with Gasteiger partial charge in [-0.3, -0.25) is 4.79 Å². The Morgan fingerprint density at radius 1 is 1.16 bits per heavy atom. The van der Waals surface area contributed by atoms with E-state index in [9.17, 15) is 9.59 Å². The van der Waals surface area contributed by atoms with Gasteiger partial charge in [0.15, 0.2) is 5.78 Å². The average molecular weight is 262 g/mol. The fraction of sp³-hybridized carbons (Fsp3) is 0.333. The number of ketones is 1. The van der Waals surface area contributed by atoms with Crippen molar-refractivity contribution < 1.29 is 19.4 Å². The summed E-state index contributed by atoms with van der Waals surface area (Å²) in [5.41, 5.74) is 2.07. The molecule has 0 fully saturated rings. The SMILES string of the molecule is Cc1cc(OC(C)C)cc(C)c1C(=O)/C=C/C(=O)O. The van der Waals surface area contributed by atoms with Crippen LogP contribution in [0.25, 0.3) is 0 Å². The van der Waals surface area contributed by atoms with Crippen molar-refractivity contribution in [3.05, 3.63) is 41.0 Å². The molecule has 0 radical (unpaired) electrons. The van der Waals surface area contributed by atoms with Crippen LogP contribution >= 0.6 is 0 Å². The first kappa shape index (κ1) is 15.0. The smallest absolute Gasteiger partial charge is 0.328 e. The fourth-order valence-corrected chi connectivity index (χ4v) is 1.88. The Kier molecular flexibility index (Phi) is 4.87. The van der Waals surface area contributed by atoms with Gasteiger partial charge in [-0.25, -0.2) is 4.79 Å². The summed E-state index contributed by atoms with van der Waals surface area (Å²) in [6.45, 7) is 7.47. The molecule has 0 saturated carbocycles. The lowest BCUT2D eigenvalue weighted by atomic mass is 9.98. The Morgan fingerprint density at radius 2 is 1.68 bits per heavy atom. The third-order valence-corrected chi connectivity index (χ3v) is 2.50. The van der Waals surface area contributed by atoms with Crippen LogP contribution in [0.2, 0.25) is 0 Å². The highest BCUT2D eigenvalue weighted by atomic mass is 16.5. The summed E-state index contributed by atoms with van der Waals surface area (Å²) in [7, 11) is 0. The van der Waals surface area contributed by atoms with Gasteiger partial charge in [0.05, 0.1) is 6.10 Å². The molecule has 0 spiro atoms. The maximum Gasteiger partial charge on any atom is 0.328 e. The zero-order valence-electron chi connectivity index (χ0n) is 11.6. The van der Waals surface area contributed by atoms with Crippen LogP contribution in [0.4, 0.5) is 0 Å². The molecule has 4 heteroatoms. The third-order valence-electron chi connectivity index (χ3n) is 2.50. The molecule has 0 saturated heterocycles. The molecule has 0 aliphatic heterocycles. The molecular formula is C15H18O4. The largest absolute Gasteiger partial charge is 0.491 e. The van der Waals surface area contributed by atoms with E-state index in [0.717, 1.165) is 23.3 Å². The molecule has 0 amide bonds. The minimum absolute atomic E-state index is 0.0623. The summed E-state index contributed by atoms with van der Waals surface area (Å²) >= 11 is 0. The number of aliphatic carboxylic acids is 1. The summed E-state index contributed by atoms with van der Waals surface area (Å²) in [4.78, 5) is 22.4. The first-order valence-corrected chi connectivity index (χ1v) is 6.04. The number of aryl methyl sites for hydroxylation is 2. The normalized spacial score (nSPS) is 11.0. The number of hydrogen-bond acceptors (Lipinski definition) is 3. The van der Waals surface area contributed by atoms with Crippen LogP contribution in [0.15, 0.2) is 24.3 Å². The van der Waals surface area contributed by atoms with E-state index in [4.69, 9.17) is 9.84 Å². The van der Waals surface area contributed by atoms with Gasteiger partial charge < -0.3 is 9.84 Å². The predicted octanol–water partition coefficient (Wildman–Crippen LogP) is 2.91. The Bertz CT molecular complexity index is 504. The number of hydrogen-bond donors (Lipinski definition) is 1. The van der Waals surface area contributed by atoms with E-state index < -0.39 is 5.97 Å². The Morgan fingerprint density at radius 3 is 2.11 bits per heavy atom. The topological polar surface area (TPSA) is 63.6 Å². The van der Waals surface area contributed by atoms with Gasteiger partial charge in [0.1, 0.15) is 5.75 Å². The molecule has 0 heterocycles. The second kappa shape index (κ2) is 6.18. The summed E-state index contributed by atoms with van der Waals surface area (Å²) in [6.07, 6.45) is 1.98. The van der Waals surface area contributed by atoms with Gasteiger partial charge in [-0.1, -0.05) is 0 Å². The zero-order valence-corrected chi connectivity index (χ0v) is 11.6. The lowest BCUT2D eigenvalue weighted by molar-refractivity contribution is -0.131. The molecule has 102 valence electrons. The average Bonchev–Trinajstić information content (AvgIpc) is 2.24. The highest BCUT2D eigenvalue weighted by Crippen LogP contribution is 2.23. The van der Waals surface area contributed by atoms with Crippen molar-refractivity contribution in [3.63, 3.8) is 0 Å². The Labute approximate surface area is 112 Å². The van der Waals surface area contributed by atoms with E-state index in [0.29, 0.717) is 11.3 Å². The molecule has 1 rings (SSSR count). The second-order valence-electron chi connectivity index (χ2n) is 4.63. The molecule has 1 aromatic carbocycles. The monoisotopic (exact) mass is 262 g/mol. The molecule has 4 nitrogen and oxygen atoms in total. The lowest BCUT2D eigenvalue weighted by Crippen LogP contribution is -2.08. The van der Waals surface area contributed by atoms with Crippen molar-refractivity contribution >= 4 is 11.8 Å².